The van der Waals surface area contributed by atoms with Gasteiger partial charge in [0.25, 0.3) is 0 Å². The molecule has 1 aliphatic carbocycles. The summed E-state index contributed by atoms with van der Waals surface area (Å²) in [5.74, 6) is -0.232. The van der Waals surface area contributed by atoms with Gasteiger partial charge in [0, 0.05) is 12.6 Å². The van der Waals surface area contributed by atoms with Gasteiger partial charge >= 0.3 is 6.18 Å². The van der Waals surface area contributed by atoms with E-state index < -0.39 is 11.7 Å². The van der Waals surface area contributed by atoms with Crippen LogP contribution in [0.2, 0.25) is 0 Å². The Bertz CT molecular complexity index is 490. The van der Waals surface area contributed by atoms with Gasteiger partial charge in [-0.05, 0) is 31.0 Å². The van der Waals surface area contributed by atoms with Gasteiger partial charge in [-0.25, -0.2) is 0 Å². The van der Waals surface area contributed by atoms with Crippen molar-refractivity contribution in [1.82, 2.24) is 5.32 Å². The van der Waals surface area contributed by atoms with Gasteiger partial charge in [-0.2, -0.15) is 18.4 Å². The Balaban J connectivity index is 2.03. The van der Waals surface area contributed by atoms with Gasteiger partial charge in [0.1, 0.15) is 12.4 Å². The summed E-state index contributed by atoms with van der Waals surface area (Å²) in [6.45, 7) is 0.688. The summed E-state index contributed by atoms with van der Waals surface area (Å²) >= 11 is 0. The molecule has 3 nitrogen and oxygen atoms in total. The van der Waals surface area contributed by atoms with Crippen molar-refractivity contribution in [3.05, 3.63) is 29.3 Å². The molecule has 1 N–H and O–H groups in total. The number of hydrogen-bond donors (Lipinski definition) is 1. The van der Waals surface area contributed by atoms with Gasteiger partial charge in [0.2, 0.25) is 0 Å². The van der Waals surface area contributed by atoms with E-state index in [0.717, 1.165) is 18.9 Å². The van der Waals surface area contributed by atoms with Crippen LogP contribution in [0.5, 0.6) is 5.75 Å². The molecule has 0 bridgehead atoms. The van der Waals surface area contributed by atoms with Crippen LogP contribution in [0.25, 0.3) is 0 Å². The first-order valence-corrected chi connectivity index (χ1v) is 5.98. The zero-order valence-corrected chi connectivity index (χ0v) is 10.1. The number of ether oxygens (including phenoxy) is 1. The molecule has 2 rings (SSSR count). The van der Waals surface area contributed by atoms with Crippen molar-refractivity contribution in [3.8, 4) is 11.8 Å². The van der Waals surface area contributed by atoms with E-state index in [9.17, 15) is 13.2 Å². The van der Waals surface area contributed by atoms with E-state index in [4.69, 9.17) is 10.00 Å². The third-order valence-corrected chi connectivity index (χ3v) is 2.78. The minimum absolute atomic E-state index is 0.0317. The molecule has 0 amide bonds. The summed E-state index contributed by atoms with van der Waals surface area (Å²) in [6, 6.07) is 5.50. The first kappa shape index (κ1) is 13.7. The summed E-state index contributed by atoms with van der Waals surface area (Å²) in [6.07, 6.45) is -2.29. The predicted molar refractivity (Wildman–Crippen MR) is 62.7 cm³/mol. The zero-order chi connectivity index (χ0) is 13.9. The topological polar surface area (TPSA) is 45.0 Å². The highest BCUT2D eigenvalue weighted by Gasteiger charge is 2.34. The van der Waals surface area contributed by atoms with Crippen LogP contribution in [0, 0.1) is 11.3 Å². The van der Waals surface area contributed by atoms with Crippen LogP contribution in [-0.4, -0.2) is 19.2 Å². The minimum Gasteiger partial charge on any atom is -0.492 e. The average molecular weight is 270 g/mol. The number of benzene rings is 1. The number of hydrogen-bond acceptors (Lipinski definition) is 3. The molecule has 0 aromatic heterocycles. The van der Waals surface area contributed by atoms with Gasteiger partial charge in [-0.3, -0.25) is 0 Å². The van der Waals surface area contributed by atoms with Gasteiger partial charge in [0.05, 0.1) is 17.2 Å². The first-order valence-electron chi connectivity index (χ1n) is 5.98. The number of nitriles is 1. The fourth-order valence-electron chi connectivity index (χ4n) is 1.66. The number of nitrogens with one attached hydrogen (secondary N) is 1. The van der Waals surface area contributed by atoms with Gasteiger partial charge in [0.15, 0.2) is 0 Å². The quantitative estimate of drug-likeness (QED) is 0.837. The molecule has 0 heterocycles. The van der Waals surface area contributed by atoms with E-state index in [2.05, 4.69) is 5.32 Å². The lowest BCUT2D eigenvalue weighted by Gasteiger charge is -2.14. The standard InChI is InChI=1S/C13H13F3N2O/c14-13(15,16)11-7-9(8-17)1-4-12(11)19-6-5-18-10-2-3-10/h1,4,7,10,18H,2-3,5-6H2. The van der Waals surface area contributed by atoms with Gasteiger partial charge in [-0.15, -0.1) is 0 Å². The lowest BCUT2D eigenvalue weighted by atomic mass is 10.1. The van der Waals surface area contributed by atoms with Crippen LogP contribution in [0.3, 0.4) is 0 Å². The van der Waals surface area contributed by atoms with Crippen molar-refractivity contribution in [1.29, 1.82) is 5.26 Å². The largest absolute Gasteiger partial charge is 0.492 e. The Kier molecular flexibility index (Phi) is 3.96. The molecule has 102 valence electrons. The molecule has 0 unspecified atom stereocenters. The molecule has 0 aliphatic heterocycles. The first-order chi connectivity index (χ1) is 9.00. The average Bonchev–Trinajstić information content (AvgIpc) is 3.17. The molecule has 1 aromatic rings. The third-order valence-electron chi connectivity index (χ3n) is 2.78. The number of alkyl halides is 3. The van der Waals surface area contributed by atoms with Crippen molar-refractivity contribution in [2.75, 3.05) is 13.2 Å². The molecule has 1 fully saturated rings. The fourth-order valence-corrected chi connectivity index (χ4v) is 1.66. The molecule has 0 atom stereocenters. The molecule has 0 saturated heterocycles. The van der Waals surface area contributed by atoms with Crippen LogP contribution in [0.15, 0.2) is 18.2 Å². The Morgan fingerprint density at radius 3 is 2.68 bits per heavy atom. The van der Waals surface area contributed by atoms with Gasteiger partial charge < -0.3 is 10.1 Å². The zero-order valence-electron chi connectivity index (χ0n) is 10.1. The van der Waals surface area contributed by atoms with Crippen molar-refractivity contribution in [2.24, 2.45) is 0 Å². The lowest BCUT2D eigenvalue weighted by molar-refractivity contribution is -0.138. The summed E-state index contributed by atoms with van der Waals surface area (Å²) in [5, 5.41) is 11.8. The monoisotopic (exact) mass is 270 g/mol. The second kappa shape index (κ2) is 5.49. The number of rotatable bonds is 5. The van der Waals surface area contributed by atoms with Crippen molar-refractivity contribution in [3.63, 3.8) is 0 Å². The second-order valence-corrected chi connectivity index (χ2v) is 4.40. The summed E-state index contributed by atoms with van der Waals surface area (Å²) in [4.78, 5) is 0. The summed E-state index contributed by atoms with van der Waals surface area (Å²) in [7, 11) is 0. The van der Waals surface area contributed by atoms with Crippen LogP contribution >= 0.6 is 0 Å². The van der Waals surface area contributed by atoms with E-state index in [1.807, 2.05) is 0 Å². The highest BCUT2D eigenvalue weighted by molar-refractivity contribution is 5.43. The Morgan fingerprint density at radius 1 is 1.37 bits per heavy atom. The van der Waals surface area contributed by atoms with Crippen LogP contribution in [0.1, 0.15) is 24.0 Å². The number of nitrogens with zero attached hydrogens (tertiary/aromatic N) is 1. The Morgan fingerprint density at radius 2 is 2.11 bits per heavy atom. The fraction of sp³-hybridized carbons (Fsp3) is 0.462. The van der Waals surface area contributed by atoms with Crippen LogP contribution in [-0.2, 0) is 6.18 Å². The van der Waals surface area contributed by atoms with Crippen LogP contribution in [0.4, 0.5) is 13.2 Å². The molecule has 1 aliphatic rings. The minimum atomic E-state index is -4.52. The summed E-state index contributed by atoms with van der Waals surface area (Å²) in [5.41, 5.74) is -0.936. The molecular weight excluding hydrogens is 257 g/mol. The highest BCUT2D eigenvalue weighted by Crippen LogP contribution is 2.36. The summed E-state index contributed by atoms with van der Waals surface area (Å²) < 4.78 is 43.6. The Hall–Kier alpha value is -1.74. The predicted octanol–water partition coefficient (Wildman–Crippen LogP) is 2.71. The molecule has 1 aromatic carbocycles. The maximum absolute atomic E-state index is 12.8. The van der Waals surface area contributed by atoms with Crippen LogP contribution < -0.4 is 10.1 Å². The Labute approximate surface area is 109 Å². The smallest absolute Gasteiger partial charge is 0.420 e. The maximum Gasteiger partial charge on any atom is 0.420 e. The third kappa shape index (κ3) is 3.86. The SMILES string of the molecule is N#Cc1ccc(OCCNC2CC2)c(C(F)(F)F)c1. The van der Waals surface area contributed by atoms with Crippen molar-refractivity contribution >= 4 is 0 Å². The van der Waals surface area contributed by atoms with Gasteiger partial charge in [-0.1, -0.05) is 0 Å². The van der Waals surface area contributed by atoms with E-state index in [1.165, 1.54) is 12.1 Å². The highest BCUT2D eigenvalue weighted by atomic mass is 19.4. The van der Waals surface area contributed by atoms with E-state index in [0.29, 0.717) is 12.6 Å². The van der Waals surface area contributed by atoms with Crippen molar-refractivity contribution in [2.45, 2.75) is 25.1 Å². The maximum atomic E-state index is 12.8. The molecule has 19 heavy (non-hydrogen) atoms. The molecular formula is C13H13F3N2O. The van der Waals surface area contributed by atoms with E-state index in [-0.39, 0.29) is 17.9 Å². The molecule has 0 radical (unpaired) electrons. The lowest BCUT2D eigenvalue weighted by Crippen LogP contribution is -2.23. The molecule has 0 spiro atoms. The van der Waals surface area contributed by atoms with E-state index in [1.54, 1.807) is 6.07 Å². The normalized spacial score (nSPS) is 15.1. The number of halogens is 3. The second-order valence-electron chi connectivity index (χ2n) is 4.40. The molecule has 6 heteroatoms. The van der Waals surface area contributed by atoms with Crippen molar-refractivity contribution < 1.29 is 17.9 Å². The molecule has 1 saturated carbocycles. The van der Waals surface area contributed by atoms with E-state index >= 15 is 0 Å².